The first-order chi connectivity index (χ1) is 11.3. The number of ether oxygens (including phenoxy) is 1. The van der Waals surface area contributed by atoms with Crippen molar-refractivity contribution in [3.05, 3.63) is 65.4 Å². The van der Waals surface area contributed by atoms with Gasteiger partial charge in [0.1, 0.15) is 11.5 Å². The van der Waals surface area contributed by atoms with Crippen LogP contribution in [-0.4, -0.2) is 30.1 Å². The van der Waals surface area contributed by atoms with Crippen molar-refractivity contribution in [1.82, 2.24) is 4.98 Å². The predicted molar refractivity (Wildman–Crippen MR) is 90.7 cm³/mol. The maximum atomic E-state index is 12.8. The second-order valence-corrected chi connectivity index (χ2v) is 5.56. The quantitative estimate of drug-likeness (QED) is 0.754. The van der Waals surface area contributed by atoms with Gasteiger partial charge in [0.25, 0.3) is 0 Å². The van der Waals surface area contributed by atoms with Gasteiger partial charge in [-0.1, -0.05) is 18.2 Å². The largest absolute Gasteiger partial charge is 0.497 e. The molecular formula is C19H16N2O2. The monoisotopic (exact) mass is 304 g/mol. The summed E-state index contributed by atoms with van der Waals surface area (Å²) in [6.07, 6.45) is 0.860. The van der Waals surface area contributed by atoms with Crippen LogP contribution in [0.25, 0.3) is 10.9 Å². The van der Waals surface area contributed by atoms with Gasteiger partial charge in [-0.15, -0.1) is 0 Å². The number of aliphatic imine (C=N–C) groups is 1. The molecule has 2 aromatic carbocycles. The molecule has 1 aliphatic rings. The van der Waals surface area contributed by atoms with Crippen LogP contribution in [0.3, 0.4) is 0 Å². The third-order valence-electron chi connectivity index (χ3n) is 4.25. The van der Waals surface area contributed by atoms with Crippen LogP contribution in [0.5, 0.6) is 5.75 Å². The molecule has 0 aliphatic carbocycles. The number of ketones is 1. The summed E-state index contributed by atoms with van der Waals surface area (Å²) in [5.74, 6) is 0.679. The Bertz CT molecular complexity index is 920. The van der Waals surface area contributed by atoms with Gasteiger partial charge in [-0.2, -0.15) is 0 Å². The van der Waals surface area contributed by atoms with E-state index in [1.807, 2.05) is 18.2 Å². The molecule has 4 heteroatoms. The van der Waals surface area contributed by atoms with Gasteiger partial charge < -0.3 is 9.72 Å². The molecule has 4 rings (SSSR count). The van der Waals surface area contributed by atoms with E-state index in [2.05, 4.69) is 16.0 Å². The molecule has 2 heterocycles. The zero-order valence-corrected chi connectivity index (χ0v) is 12.8. The molecule has 23 heavy (non-hydrogen) atoms. The van der Waals surface area contributed by atoms with Gasteiger partial charge in [0.2, 0.25) is 5.78 Å². The average molecular weight is 304 g/mol. The molecule has 1 aliphatic heterocycles. The molecule has 0 saturated carbocycles. The summed E-state index contributed by atoms with van der Waals surface area (Å²) in [5, 5.41) is 1.18. The molecule has 0 bridgehead atoms. The van der Waals surface area contributed by atoms with Crippen LogP contribution in [0, 0.1) is 0 Å². The Morgan fingerprint density at radius 1 is 1.13 bits per heavy atom. The van der Waals surface area contributed by atoms with Crippen molar-refractivity contribution < 1.29 is 9.53 Å². The highest BCUT2D eigenvalue weighted by atomic mass is 16.5. The predicted octanol–water partition coefficient (Wildman–Crippen LogP) is 3.40. The summed E-state index contributed by atoms with van der Waals surface area (Å²) in [7, 11) is 1.61. The Morgan fingerprint density at radius 3 is 2.70 bits per heavy atom. The van der Waals surface area contributed by atoms with Crippen molar-refractivity contribution in [3.63, 3.8) is 0 Å². The smallest absolute Gasteiger partial charge is 0.213 e. The number of H-pyrrole nitrogens is 1. The zero-order chi connectivity index (χ0) is 15.8. The summed E-state index contributed by atoms with van der Waals surface area (Å²) in [5.41, 5.74) is 4.24. The van der Waals surface area contributed by atoms with Crippen molar-refractivity contribution in [2.45, 2.75) is 6.42 Å². The fourth-order valence-electron chi connectivity index (χ4n) is 3.08. The summed E-state index contributed by atoms with van der Waals surface area (Å²) in [4.78, 5) is 20.7. The standard InChI is InChI=1S/C19H16N2O2/c1-23-13-8-6-12(7-9-13)19(22)18-17-15(10-11-20-18)14-4-2-3-5-16(14)21-17/h2-9,21H,10-11H2,1H3. The van der Waals surface area contributed by atoms with Crippen molar-refractivity contribution in [2.24, 2.45) is 4.99 Å². The summed E-state index contributed by atoms with van der Waals surface area (Å²) in [6.45, 7) is 0.645. The Hall–Kier alpha value is -2.88. The van der Waals surface area contributed by atoms with E-state index >= 15 is 0 Å². The summed E-state index contributed by atoms with van der Waals surface area (Å²) in [6, 6.07) is 15.3. The van der Waals surface area contributed by atoms with E-state index in [9.17, 15) is 4.79 Å². The van der Waals surface area contributed by atoms with E-state index < -0.39 is 0 Å². The Kier molecular flexibility index (Phi) is 3.23. The first-order valence-electron chi connectivity index (χ1n) is 7.61. The van der Waals surface area contributed by atoms with Crippen LogP contribution < -0.4 is 4.74 Å². The molecule has 114 valence electrons. The van der Waals surface area contributed by atoms with Crippen LogP contribution in [-0.2, 0) is 6.42 Å². The highest BCUT2D eigenvalue weighted by molar-refractivity contribution is 6.51. The molecular weight excluding hydrogens is 288 g/mol. The number of Topliss-reactive ketones (excluding diaryl/α,β-unsaturated/α-hetero) is 1. The number of hydrogen-bond acceptors (Lipinski definition) is 3. The first kappa shape index (κ1) is 13.8. The molecule has 1 N–H and O–H groups in total. The number of hydrogen-bond donors (Lipinski definition) is 1. The number of benzene rings is 2. The molecule has 0 radical (unpaired) electrons. The second-order valence-electron chi connectivity index (χ2n) is 5.56. The number of para-hydroxylation sites is 1. The van der Waals surface area contributed by atoms with Crippen LogP contribution in [0.1, 0.15) is 21.6 Å². The maximum Gasteiger partial charge on any atom is 0.213 e. The van der Waals surface area contributed by atoms with Gasteiger partial charge in [-0.25, -0.2) is 0 Å². The van der Waals surface area contributed by atoms with Crippen molar-refractivity contribution in [3.8, 4) is 5.75 Å². The highest BCUT2D eigenvalue weighted by Gasteiger charge is 2.25. The minimum Gasteiger partial charge on any atom is -0.497 e. The molecule has 0 spiro atoms. The van der Waals surface area contributed by atoms with Crippen LogP contribution in [0.4, 0.5) is 0 Å². The lowest BCUT2D eigenvalue weighted by Crippen LogP contribution is -2.22. The van der Waals surface area contributed by atoms with Gasteiger partial charge in [0.15, 0.2) is 0 Å². The molecule has 0 fully saturated rings. The van der Waals surface area contributed by atoms with Gasteiger partial charge in [-0.05, 0) is 42.3 Å². The summed E-state index contributed by atoms with van der Waals surface area (Å²) >= 11 is 0. The van der Waals surface area contributed by atoms with E-state index in [4.69, 9.17) is 4.74 Å². The van der Waals surface area contributed by atoms with Crippen LogP contribution in [0.15, 0.2) is 53.5 Å². The summed E-state index contributed by atoms with van der Waals surface area (Å²) < 4.78 is 5.14. The van der Waals surface area contributed by atoms with Gasteiger partial charge in [0, 0.05) is 23.0 Å². The van der Waals surface area contributed by atoms with E-state index in [1.54, 1.807) is 31.4 Å². The number of rotatable bonds is 3. The number of methoxy groups -OCH3 is 1. The van der Waals surface area contributed by atoms with Gasteiger partial charge >= 0.3 is 0 Å². The highest BCUT2D eigenvalue weighted by Crippen LogP contribution is 2.27. The van der Waals surface area contributed by atoms with Crippen LogP contribution >= 0.6 is 0 Å². The van der Waals surface area contributed by atoms with E-state index in [-0.39, 0.29) is 5.78 Å². The molecule has 0 amide bonds. The fourth-order valence-corrected chi connectivity index (χ4v) is 3.08. The van der Waals surface area contributed by atoms with Crippen molar-refractivity contribution in [2.75, 3.05) is 13.7 Å². The lowest BCUT2D eigenvalue weighted by atomic mass is 9.97. The third kappa shape index (κ3) is 2.23. The van der Waals surface area contributed by atoms with Gasteiger partial charge in [0.05, 0.1) is 12.8 Å². The number of nitrogens with zero attached hydrogens (tertiary/aromatic N) is 1. The molecule has 0 atom stereocenters. The Balaban J connectivity index is 1.77. The SMILES string of the molecule is COc1ccc(C(=O)C2=NCCc3c2[nH]c2ccccc32)cc1. The molecule has 3 aromatic rings. The number of carbonyl (C=O) groups excluding carboxylic acids is 1. The molecule has 4 nitrogen and oxygen atoms in total. The number of aromatic nitrogens is 1. The number of aromatic amines is 1. The molecule has 0 saturated heterocycles. The number of fused-ring (bicyclic) bond motifs is 3. The van der Waals surface area contributed by atoms with Crippen molar-refractivity contribution >= 4 is 22.4 Å². The topological polar surface area (TPSA) is 54.4 Å². The van der Waals surface area contributed by atoms with Crippen LogP contribution in [0.2, 0.25) is 0 Å². The third-order valence-corrected chi connectivity index (χ3v) is 4.25. The average Bonchev–Trinajstić information content (AvgIpc) is 3.00. The lowest BCUT2D eigenvalue weighted by molar-refractivity contribution is 0.106. The second kappa shape index (κ2) is 5.39. The first-order valence-corrected chi connectivity index (χ1v) is 7.61. The van der Waals surface area contributed by atoms with Crippen molar-refractivity contribution in [1.29, 1.82) is 0 Å². The Labute approximate surface area is 133 Å². The fraction of sp³-hybridized carbons (Fsp3) is 0.158. The van der Waals surface area contributed by atoms with Gasteiger partial charge in [-0.3, -0.25) is 9.79 Å². The maximum absolute atomic E-state index is 12.8. The zero-order valence-electron chi connectivity index (χ0n) is 12.8. The Morgan fingerprint density at radius 2 is 1.91 bits per heavy atom. The molecule has 0 unspecified atom stereocenters. The minimum absolute atomic E-state index is 0.0554. The number of nitrogens with one attached hydrogen (secondary N) is 1. The van der Waals surface area contributed by atoms with E-state index in [1.165, 1.54) is 10.9 Å². The minimum atomic E-state index is -0.0554. The van der Waals surface area contributed by atoms with E-state index in [0.717, 1.165) is 23.4 Å². The lowest BCUT2D eigenvalue weighted by Gasteiger charge is -2.12. The number of carbonyl (C=O) groups is 1. The van der Waals surface area contributed by atoms with E-state index in [0.29, 0.717) is 17.8 Å². The normalized spacial score (nSPS) is 13.5. The molecule has 1 aromatic heterocycles.